The molecule has 3 aromatic carbocycles. The van der Waals surface area contributed by atoms with E-state index in [0.717, 1.165) is 24.6 Å². The monoisotopic (exact) mass is 357 g/mol. The molecule has 0 saturated carbocycles. The van der Waals surface area contributed by atoms with Crippen molar-refractivity contribution in [2.24, 2.45) is 0 Å². The average Bonchev–Trinajstić information content (AvgIpc) is 2.62. The van der Waals surface area contributed by atoms with E-state index in [0.29, 0.717) is 0 Å². The first-order valence-corrected chi connectivity index (χ1v) is 8.07. The quantitative estimate of drug-likeness (QED) is 0.625. The minimum absolute atomic E-state index is 0. The van der Waals surface area contributed by atoms with Gasteiger partial charge in [-0.1, -0.05) is 48.5 Å². The van der Waals surface area contributed by atoms with E-state index >= 15 is 0 Å². The van der Waals surface area contributed by atoms with Gasteiger partial charge >= 0.3 is 0 Å². The van der Waals surface area contributed by atoms with E-state index in [4.69, 9.17) is 9.47 Å². The highest BCUT2D eigenvalue weighted by atomic mass is 35.5. The molecule has 0 N–H and O–H groups in total. The van der Waals surface area contributed by atoms with Crippen LogP contribution in [0.15, 0.2) is 60.7 Å². The molecule has 0 radical (unpaired) electrons. The van der Waals surface area contributed by atoms with Gasteiger partial charge in [0.15, 0.2) is 11.5 Å². The summed E-state index contributed by atoms with van der Waals surface area (Å²) in [5.74, 6) is 1.53. The van der Waals surface area contributed by atoms with Gasteiger partial charge in [0.05, 0.1) is 14.2 Å². The fourth-order valence-corrected chi connectivity index (χ4v) is 3.07. The van der Waals surface area contributed by atoms with Crippen LogP contribution in [0.3, 0.4) is 0 Å². The maximum absolute atomic E-state index is 5.39. The van der Waals surface area contributed by atoms with Gasteiger partial charge in [0.25, 0.3) is 0 Å². The van der Waals surface area contributed by atoms with Crippen molar-refractivity contribution in [2.75, 3.05) is 21.3 Å². The molecule has 3 rings (SSSR count). The van der Waals surface area contributed by atoms with Crippen LogP contribution < -0.4 is 9.47 Å². The summed E-state index contributed by atoms with van der Waals surface area (Å²) in [7, 11) is 5.46. The van der Waals surface area contributed by atoms with Crippen LogP contribution in [0.4, 0.5) is 0 Å². The van der Waals surface area contributed by atoms with Crippen LogP contribution in [-0.4, -0.2) is 26.2 Å². The molecule has 3 aromatic rings. The first-order valence-electron chi connectivity index (χ1n) is 8.07. The van der Waals surface area contributed by atoms with Crippen LogP contribution in [0.1, 0.15) is 11.1 Å². The van der Waals surface area contributed by atoms with Gasteiger partial charge in [-0.05, 0) is 41.1 Å². The molecule has 25 heavy (non-hydrogen) atoms. The van der Waals surface area contributed by atoms with E-state index in [-0.39, 0.29) is 12.4 Å². The maximum Gasteiger partial charge on any atom is 0.161 e. The topological polar surface area (TPSA) is 21.7 Å². The zero-order chi connectivity index (χ0) is 16.9. The summed E-state index contributed by atoms with van der Waals surface area (Å²) in [5.41, 5.74) is 2.55. The number of hydrogen-bond donors (Lipinski definition) is 0. The lowest BCUT2D eigenvalue weighted by molar-refractivity contribution is 0.317. The second-order valence-electron chi connectivity index (χ2n) is 6.00. The lowest BCUT2D eigenvalue weighted by Gasteiger charge is -2.19. The number of ether oxygens (including phenoxy) is 2. The highest BCUT2D eigenvalue weighted by Crippen LogP contribution is 2.28. The van der Waals surface area contributed by atoms with Crippen LogP contribution in [0.2, 0.25) is 0 Å². The Morgan fingerprint density at radius 1 is 0.800 bits per heavy atom. The first kappa shape index (κ1) is 19.1. The molecule has 0 heterocycles. The van der Waals surface area contributed by atoms with Crippen LogP contribution in [-0.2, 0) is 13.1 Å². The molecule has 4 heteroatoms. The molecule has 0 bridgehead atoms. The Bertz CT molecular complexity index is 830. The van der Waals surface area contributed by atoms with Crippen molar-refractivity contribution in [3.8, 4) is 11.5 Å². The van der Waals surface area contributed by atoms with Gasteiger partial charge < -0.3 is 9.47 Å². The fraction of sp³-hybridized carbons (Fsp3) is 0.238. The van der Waals surface area contributed by atoms with Gasteiger partial charge in [-0.3, -0.25) is 4.90 Å². The summed E-state index contributed by atoms with van der Waals surface area (Å²) in [5, 5.41) is 2.61. The highest BCUT2D eigenvalue weighted by Gasteiger charge is 2.08. The second-order valence-corrected chi connectivity index (χ2v) is 6.00. The number of benzene rings is 3. The Balaban J connectivity index is 0.00000225. The van der Waals surface area contributed by atoms with E-state index in [1.807, 2.05) is 12.1 Å². The largest absolute Gasteiger partial charge is 0.493 e. The third-order valence-corrected chi connectivity index (χ3v) is 4.22. The molecular formula is C21H24ClNO2. The molecule has 0 atom stereocenters. The summed E-state index contributed by atoms with van der Waals surface area (Å²) < 4.78 is 10.7. The van der Waals surface area contributed by atoms with Crippen molar-refractivity contribution in [1.29, 1.82) is 0 Å². The minimum atomic E-state index is 0. The second kappa shape index (κ2) is 8.75. The summed E-state index contributed by atoms with van der Waals surface area (Å²) in [4.78, 5) is 2.31. The Morgan fingerprint density at radius 3 is 2.28 bits per heavy atom. The number of halogens is 1. The molecule has 0 aromatic heterocycles. The Hall–Kier alpha value is -2.23. The van der Waals surface area contributed by atoms with Crippen molar-refractivity contribution >= 4 is 23.2 Å². The van der Waals surface area contributed by atoms with Crippen molar-refractivity contribution in [2.45, 2.75) is 13.1 Å². The van der Waals surface area contributed by atoms with Gasteiger partial charge in [0, 0.05) is 13.1 Å². The summed E-state index contributed by atoms with van der Waals surface area (Å²) in [6.45, 7) is 1.75. The van der Waals surface area contributed by atoms with E-state index in [1.54, 1.807) is 14.2 Å². The lowest BCUT2D eigenvalue weighted by Crippen LogP contribution is -2.17. The van der Waals surface area contributed by atoms with Crippen LogP contribution >= 0.6 is 12.4 Å². The zero-order valence-corrected chi connectivity index (χ0v) is 15.7. The molecule has 0 aliphatic heterocycles. The highest BCUT2D eigenvalue weighted by molar-refractivity contribution is 5.85. The summed E-state index contributed by atoms with van der Waals surface area (Å²) >= 11 is 0. The van der Waals surface area contributed by atoms with Gasteiger partial charge in [-0.25, -0.2) is 0 Å². The predicted octanol–water partition coefficient (Wildman–Crippen LogP) is 4.91. The van der Waals surface area contributed by atoms with Crippen LogP contribution in [0.25, 0.3) is 10.8 Å². The number of rotatable bonds is 6. The van der Waals surface area contributed by atoms with E-state index in [2.05, 4.69) is 60.5 Å². The first-order chi connectivity index (χ1) is 11.7. The van der Waals surface area contributed by atoms with Gasteiger partial charge in [-0.2, -0.15) is 0 Å². The third-order valence-electron chi connectivity index (χ3n) is 4.22. The molecule has 132 valence electrons. The standard InChI is InChI=1S/C21H23NO2.ClH/c1-22(14-16-11-12-20(23-2)21(13-16)24-3)15-18-9-6-8-17-7-4-5-10-19(17)18;/h4-13H,14-15H2,1-3H3;1H. The molecule has 0 aliphatic carbocycles. The van der Waals surface area contributed by atoms with E-state index in [1.165, 1.54) is 21.9 Å². The van der Waals surface area contributed by atoms with Gasteiger partial charge in [0.1, 0.15) is 0 Å². The molecule has 0 fully saturated rings. The van der Waals surface area contributed by atoms with Crippen LogP contribution in [0, 0.1) is 0 Å². The minimum Gasteiger partial charge on any atom is -0.493 e. The maximum atomic E-state index is 5.39. The number of nitrogens with zero attached hydrogens (tertiary/aromatic N) is 1. The van der Waals surface area contributed by atoms with Crippen LogP contribution in [0.5, 0.6) is 11.5 Å². The average molecular weight is 358 g/mol. The van der Waals surface area contributed by atoms with Gasteiger partial charge in [0.2, 0.25) is 0 Å². The van der Waals surface area contributed by atoms with Crippen molar-refractivity contribution in [3.05, 3.63) is 71.8 Å². The Labute approximate surface area is 155 Å². The van der Waals surface area contributed by atoms with Crippen molar-refractivity contribution < 1.29 is 9.47 Å². The predicted molar refractivity (Wildman–Crippen MR) is 106 cm³/mol. The molecule has 0 spiro atoms. The number of fused-ring (bicyclic) bond motifs is 1. The number of hydrogen-bond acceptors (Lipinski definition) is 3. The lowest BCUT2D eigenvalue weighted by atomic mass is 10.0. The molecule has 3 nitrogen and oxygen atoms in total. The van der Waals surface area contributed by atoms with E-state index in [9.17, 15) is 0 Å². The fourth-order valence-electron chi connectivity index (χ4n) is 3.07. The van der Waals surface area contributed by atoms with Crippen molar-refractivity contribution in [1.82, 2.24) is 4.90 Å². The van der Waals surface area contributed by atoms with Gasteiger partial charge in [-0.15, -0.1) is 12.4 Å². The molecule has 0 amide bonds. The molecule has 0 aliphatic rings. The normalized spacial score (nSPS) is 10.6. The Kier molecular flexibility index (Phi) is 6.68. The number of methoxy groups -OCH3 is 2. The SMILES string of the molecule is COc1ccc(CN(C)Cc2cccc3ccccc23)cc1OC.Cl. The zero-order valence-electron chi connectivity index (χ0n) is 14.9. The van der Waals surface area contributed by atoms with E-state index < -0.39 is 0 Å². The molecule has 0 unspecified atom stereocenters. The Morgan fingerprint density at radius 2 is 1.52 bits per heavy atom. The smallest absolute Gasteiger partial charge is 0.161 e. The molecule has 0 saturated heterocycles. The van der Waals surface area contributed by atoms with Crippen molar-refractivity contribution in [3.63, 3.8) is 0 Å². The summed E-state index contributed by atoms with van der Waals surface area (Å²) in [6.07, 6.45) is 0. The molecular weight excluding hydrogens is 334 g/mol. The third kappa shape index (κ3) is 4.44. The summed E-state index contributed by atoms with van der Waals surface area (Å²) in [6, 6.07) is 21.1.